The van der Waals surface area contributed by atoms with Gasteiger partial charge in [-0.05, 0) is 24.5 Å². The maximum Gasteiger partial charge on any atom is 0.416 e. The Morgan fingerprint density at radius 1 is 1.00 bits per heavy atom. The lowest BCUT2D eigenvalue weighted by atomic mass is 9.96. The Kier molecular flexibility index (Phi) is 6.43. The molecule has 172 valence electrons. The third-order valence-corrected chi connectivity index (χ3v) is 5.60. The van der Waals surface area contributed by atoms with Crippen LogP contribution in [0.5, 0.6) is 0 Å². The van der Waals surface area contributed by atoms with Crippen LogP contribution in [0.15, 0.2) is 54.6 Å². The predicted octanol–water partition coefficient (Wildman–Crippen LogP) is 3.67. The number of nitrogen functional groups attached to an aromatic ring is 1. The first-order valence-electron chi connectivity index (χ1n) is 10.6. The van der Waals surface area contributed by atoms with E-state index in [0.29, 0.717) is 37.7 Å². The van der Waals surface area contributed by atoms with E-state index in [2.05, 4.69) is 20.3 Å². The maximum absolute atomic E-state index is 13.2. The van der Waals surface area contributed by atoms with E-state index in [0.717, 1.165) is 11.6 Å². The number of nitrogens with zero attached hydrogens (tertiary/aromatic N) is 4. The third kappa shape index (κ3) is 5.39. The van der Waals surface area contributed by atoms with Gasteiger partial charge in [-0.3, -0.25) is 4.79 Å². The number of alkyl halides is 3. The van der Waals surface area contributed by atoms with Gasteiger partial charge in [0.2, 0.25) is 17.8 Å². The van der Waals surface area contributed by atoms with E-state index >= 15 is 0 Å². The molecule has 0 bridgehead atoms. The summed E-state index contributed by atoms with van der Waals surface area (Å²) in [6.45, 7) is 0.878. The van der Waals surface area contributed by atoms with Gasteiger partial charge in [0, 0.05) is 31.1 Å². The molecule has 0 spiro atoms. The zero-order valence-corrected chi connectivity index (χ0v) is 17.7. The number of hydrogen-bond donors (Lipinski definition) is 2. The number of rotatable bonds is 5. The molecule has 7 nitrogen and oxygen atoms in total. The molecule has 1 amide bonds. The van der Waals surface area contributed by atoms with Crippen molar-refractivity contribution in [2.45, 2.75) is 25.6 Å². The van der Waals surface area contributed by atoms with Gasteiger partial charge in [0.05, 0.1) is 5.56 Å². The minimum Gasteiger partial charge on any atom is -0.368 e. The van der Waals surface area contributed by atoms with Crippen molar-refractivity contribution in [1.82, 2.24) is 20.3 Å². The van der Waals surface area contributed by atoms with Gasteiger partial charge in [0.1, 0.15) is 0 Å². The summed E-state index contributed by atoms with van der Waals surface area (Å²) in [5.74, 6) is 0.474. The number of benzene rings is 2. The highest BCUT2D eigenvalue weighted by Crippen LogP contribution is 2.32. The Bertz CT molecular complexity index is 1110. The molecule has 0 saturated carbocycles. The van der Waals surface area contributed by atoms with E-state index in [9.17, 15) is 18.0 Å². The second-order valence-electron chi connectivity index (χ2n) is 7.82. The number of anilines is 2. The van der Waals surface area contributed by atoms with Gasteiger partial charge < -0.3 is 16.0 Å². The van der Waals surface area contributed by atoms with Gasteiger partial charge in [-0.1, -0.05) is 48.5 Å². The molecule has 3 aromatic rings. The normalized spacial score (nSPS) is 14.8. The first kappa shape index (κ1) is 22.5. The average molecular weight is 456 g/mol. The van der Waals surface area contributed by atoms with Crippen molar-refractivity contribution in [1.29, 1.82) is 0 Å². The minimum atomic E-state index is -4.46. The van der Waals surface area contributed by atoms with Crippen molar-refractivity contribution >= 4 is 17.8 Å². The molecule has 1 aliphatic heterocycles. The highest BCUT2D eigenvalue weighted by Gasteiger charge is 2.33. The van der Waals surface area contributed by atoms with E-state index in [1.165, 1.54) is 18.2 Å². The summed E-state index contributed by atoms with van der Waals surface area (Å²) in [6.07, 6.45) is -3.41. The molecular formula is C23H23F3N6O. The van der Waals surface area contributed by atoms with Crippen LogP contribution in [0.3, 0.4) is 0 Å². The van der Waals surface area contributed by atoms with Gasteiger partial charge in [0.25, 0.3) is 0 Å². The fourth-order valence-corrected chi connectivity index (χ4v) is 3.86. The molecule has 10 heteroatoms. The van der Waals surface area contributed by atoms with Crippen molar-refractivity contribution in [3.63, 3.8) is 0 Å². The lowest BCUT2D eigenvalue weighted by molar-refractivity contribution is -0.138. The highest BCUT2D eigenvalue weighted by atomic mass is 19.4. The van der Waals surface area contributed by atoms with E-state index in [4.69, 9.17) is 5.73 Å². The number of halogens is 3. The second-order valence-corrected chi connectivity index (χ2v) is 7.82. The number of aromatic nitrogens is 3. The van der Waals surface area contributed by atoms with Gasteiger partial charge in [-0.2, -0.15) is 28.1 Å². The first-order chi connectivity index (χ1) is 15.8. The molecule has 1 aromatic heterocycles. The number of hydrogen-bond acceptors (Lipinski definition) is 6. The van der Waals surface area contributed by atoms with Gasteiger partial charge in [-0.25, -0.2) is 0 Å². The summed E-state index contributed by atoms with van der Waals surface area (Å²) >= 11 is 0. The molecule has 2 heterocycles. The van der Waals surface area contributed by atoms with Gasteiger partial charge in [0.15, 0.2) is 5.82 Å². The van der Waals surface area contributed by atoms with Crippen molar-refractivity contribution < 1.29 is 18.0 Å². The van der Waals surface area contributed by atoms with Crippen LogP contribution in [0.4, 0.5) is 25.1 Å². The molecule has 2 aromatic carbocycles. The fraction of sp³-hybridized carbons (Fsp3) is 0.304. The van der Waals surface area contributed by atoms with Crippen molar-refractivity contribution in [3.05, 3.63) is 65.7 Å². The Labute approximate surface area is 188 Å². The molecule has 0 aliphatic carbocycles. The summed E-state index contributed by atoms with van der Waals surface area (Å²) in [6, 6.07) is 14.7. The topological polar surface area (TPSA) is 97.0 Å². The van der Waals surface area contributed by atoms with Crippen LogP contribution in [0.25, 0.3) is 11.4 Å². The number of nitrogens with one attached hydrogen (secondary N) is 1. The Morgan fingerprint density at radius 3 is 2.36 bits per heavy atom. The quantitative estimate of drug-likeness (QED) is 0.608. The average Bonchev–Trinajstić information content (AvgIpc) is 2.82. The lowest BCUT2D eigenvalue weighted by Crippen LogP contribution is -2.41. The molecule has 0 radical (unpaired) electrons. The van der Waals surface area contributed by atoms with Crippen LogP contribution in [0.2, 0.25) is 0 Å². The van der Waals surface area contributed by atoms with Crippen LogP contribution in [-0.2, 0) is 17.5 Å². The van der Waals surface area contributed by atoms with Crippen LogP contribution in [0, 0.1) is 5.92 Å². The summed E-state index contributed by atoms with van der Waals surface area (Å²) in [7, 11) is 0. The molecule has 1 fully saturated rings. The summed E-state index contributed by atoms with van der Waals surface area (Å²) in [5, 5.41) is 2.66. The molecule has 0 unspecified atom stereocenters. The number of carbonyl (C=O) groups is 1. The van der Waals surface area contributed by atoms with Crippen LogP contribution < -0.4 is 16.0 Å². The van der Waals surface area contributed by atoms with Crippen molar-refractivity contribution in [2.24, 2.45) is 5.92 Å². The Morgan fingerprint density at radius 2 is 1.67 bits per heavy atom. The largest absolute Gasteiger partial charge is 0.416 e. The fourth-order valence-electron chi connectivity index (χ4n) is 3.86. The van der Waals surface area contributed by atoms with Gasteiger partial charge in [-0.15, -0.1) is 0 Å². The molecule has 1 saturated heterocycles. The third-order valence-electron chi connectivity index (χ3n) is 5.60. The zero-order valence-electron chi connectivity index (χ0n) is 17.7. The standard InChI is InChI=1S/C23H23F3N6O/c24-23(25,26)18-9-5-4-8-17(18)14-28-20(33)16-10-12-32(13-11-16)22-30-19(29-21(27)31-22)15-6-2-1-3-7-15/h1-9,16H,10-14H2,(H,28,33)(H2,27,29,30,31). The molecule has 4 rings (SSSR count). The maximum atomic E-state index is 13.2. The highest BCUT2D eigenvalue weighted by molar-refractivity contribution is 5.79. The molecular weight excluding hydrogens is 433 g/mol. The first-order valence-corrected chi connectivity index (χ1v) is 10.6. The smallest absolute Gasteiger partial charge is 0.368 e. The summed E-state index contributed by atoms with van der Waals surface area (Å²) in [5.41, 5.74) is 6.02. The number of piperidine rings is 1. The number of carbonyl (C=O) groups excluding carboxylic acids is 1. The number of nitrogens with two attached hydrogens (primary N) is 1. The minimum absolute atomic E-state index is 0.0462. The van der Waals surface area contributed by atoms with E-state index in [1.54, 1.807) is 0 Å². The van der Waals surface area contributed by atoms with E-state index in [-0.39, 0.29) is 29.9 Å². The predicted molar refractivity (Wildman–Crippen MR) is 118 cm³/mol. The van der Waals surface area contributed by atoms with Crippen molar-refractivity contribution in [2.75, 3.05) is 23.7 Å². The molecule has 1 aliphatic rings. The molecule has 0 atom stereocenters. The lowest BCUT2D eigenvalue weighted by Gasteiger charge is -2.31. The Balaban J connectivity index is 1.37. The van der Waals surface area contributed by atoms with Crippen LogP contribution >= 0.6 is 0 Å². The van der Waals surface area contributed by atoms with Crippen LogP contribution in [0.1, 0.15) is 24.0 Å². The molecule has 3 N–H and O–H groups in total. The summed E-state index contributed by atoms with van der Waals surface area (Å²) < 4.78 is 39.5. The van der Waals surface area contributed by atoms with Gasteiger partial charge >= 0.3 is 6.18 Å². The SMILES string of the molecule is Nc1nc(-c2ccccc2)nc(N2CCC(C(=O)NCc3ccccc3C(F)(F)F)CC2)n1. The zero-order chi connectivity index (χ0) is 23.4. The van der Waals surface area contributed by atoms with Crippen molar-refractivity contribution in [3.8, 4) is 11.4 Å². The summed E-state index contributed by atoms with van der Waals surface area (Å²) in [4.78, 5) is 27.5. The Hall–Kier alpha value is -3.69. The monoisotopic (exact) mass is 456 g/mol. The number of amides is 1. The van der Waals surface area contributed by atoms with Crippen LogP contribution in [-0.4, -0.2) is 33.9 Å². The second kappa shape index (κ2) is 9.43. The molecule has 33 heavy (non-hydrogen) atoms. The van der Waals surface area contributed by atoms with E-state index in [1.807, 2.05) is 35.2 Å². The van der Waals surface area contributed by atoms with E-state index < -0.39 is 11.7 Å².